The summed E-state index contributed by atoms with van der Waals surface area (Å²) in [5.74, 6) is 0. The van der Waals surface area contributed by atoms with Crippen molar-refractivity contribution in [2.24, 2.45) is 5.73 Å². The monoisotopic (exact) mass is 304 g/mol. The summed E-state index contributed by atoms with van der Waals surface area (Å²) < 4.78 is 27.6. The highest BCUT2D eigenvalue weighted by atomic mass is 32.2. The van der Waals surface area contributed by atoms with E-state index < -0.39 is 16.1 Å². The summed E-state index contributed by atoms with van der Waals surface area (Å²) in [6.07, 6.45) is 0. The first-order chi connectivity index (χ1) is 9.90. The smallest absolute Gasteiger partial charge is 0.241 e. The van der Waals surface area contributed by atoms with Gasteiger partial charge in [0.25, 0.3) is 0 Å². The Morgan fingerprint density at radius 2 is 1.57 bits per heavy atom. The van der Waals surface area contributed by atoms with Crippen LogP contribution in [0.4, 0.5) is 0 Å². The van der Waals surface area contributed by atoms with Gasteiger partial charge < -0.3 is 5.73 Å². The predicted octanol–water partition coefficient (Wildman–Crippen LogP) is 2.36. The summed E-state index contributed by atoms with van der Waals surface area (Å²) in [6, 6.07) is 15.3. The lowest BCUT2D eigenvalue weighted by Gasteiger charge is -2.22. The molecule has 2 aromatic carbocycles. The Kier molecular flexibility index (Phi) is 4.77. The van der Waals surface area contributed by atoms with E-state index in [2.05, 4.69) is 4.72 Å². The Morgan fingerprint density at radius 3 is 2.10 bits per heavy atom. The first kappa shape index (κ1) is 15.7. The quantitative estimate of drug-likeness (QED) is 0.890. The molecule has 2 rings (SSSR count). The second-order valence-electron chi connectivity index (χ2n) is 5.18. The standard InChI is InChI=1S/C16H20N2O2S/c1-12-8-10-15(11-9-12)21(19,20)18-16(13(2)17)14-6-4-3-5-7-14/h3-11,13,16,18H,17H2,1-2H3/t13-,16+/m1/s1. The molecule has 2 atom stereocenters. The van der Waals surface area contributed by atoms with E-state index in [1.807, 2.05) is 37.3 Å². The molecule has 21 heavy (non-hydrogen) atoms. The second kappa shape index (κ2) is 6.39. The van der Waals surface area contributed by atoms with Crippen LogP contribution < -0.4 is 10.5 Å². The third-order valence-corrected chi connectivity index (χ3v) is 4.75. The van der Waals surface area contributed by atoms with E-state index in [4.69, 9.17) is 5.73 Å². The number of nitrogens with one attached hydrogen (secondary N) is 1. The van der Waals surface area contributed by atoms with Gasteiger partial charge in [-0.2, -0.15) is 0 Å². The fourth-order valence-electron chi connectivity index (χ4n) is 2.09. The third-order valence-electron chi connectivity index (χ3n) is 3.30. The van der Waals surface area contributed by atoms with Crippen molar-refractivity contribution < 1.29 is 8.42 Å². The van der Waals surface area contributed by atoms with E-state index in [1.165, 1.54) is 0 Å². The minimum absolute atomic E-state index is 0.245. The van der Waals surface area contributed by atoms with Gasteiger partial charge in [-0.15, -0.1) is 0 Å². The molecule has 0 aromatic heterocycles. The van der Waals surface area contributed by atoms with Gasteiger partial charge in [0.2, 0.25) is 10.0 Å². The lowest BCUT2D eigenvalue weighted by atomic mass is 10.0. The number of nitrogens with two attached hydrogens (primary N) is 1. The van der Waals surface area contributed by atoms with Gasteiger partial charge in [0.1, 0.15) is 0 Å². The Morgan fingerprint density at radius 1 is 1.00 bits per heavy atom. The normalized spacial score (nSPS) is 14.6. The van der Waals surface area contributed by atoms with Crippen molar-refractivity contribution in [2.75, 3.05) is 0 Å². The number of sulfonamides is 1. The first-order valence-electron chi connectivity index (χ1n) is 6.79. The van der Waals surface area contributed by atoms with Crippen LogP contribution in [0.3, 0.4) is 0 Å². The lowest BCUT2D eigenvalue weighted by Crippen LogP contribution is -2.39. The number of hydrogen-bond acceptors (Lipinski definition) is 3. The summed E-state index contributed by atoms with van der Waals surface area (Å²) in [5.41, 5.74) is 7.82. The molecule has 0 heterocycles. The molecule has 112 valence electrons. The molecule has 4 nitrogen and oxygen atoms in total. The molecular formula is C16H20N2O2S. The maximum atomic E-state index is 12.5. The highest BCUT2D eigenvalue weighted by Crippen LogP contribution is 2.19. The van der Waals surface area contributed by atoms with E-state index in [0.29, 0.717) is 0 Å². The molecule has 0 bridgehead atoms. The van der Waals surface area contributed by atoms with Crippen molar-refractivity contribution in [3.63, 3.8) is 0 Å². The van der Waals surface area contributed by atoms with Crippen molar-refractivity contribution in [1.82, 2.24) is 4.72 Å². The van der Waals surface area contributed by atoms with E-state index in [0.717, 1.165) is 11.1 Å². The highest BCUT2D eigenvalue weighted by Gasteiger charge is 2.23. The number of rotatable bonds is 5. The number of benzene rings is 2. The molecule has 2 aromatic rings. The van der Waals surface area contributed by atoms with Crippen molar-refractivity contribution in [2.45, 2.75) is 30.8 Å². The molecule has 0 aliphatic carbocycles. The van der Waals surface area contributed by atoms with Crippen LogP contribution in [-0.4, -0.2) is 14.5 Å². The minimum Gasteiger partial charge on any atom is -0.326 e. The van der Waals surface area contributed by atoms with Crippen LogP contribution in [-0.2, 0) is 10.0 Å². The molecule has 0 unspecified atom stereocenters. The topological polar surface area (TPSA) is 72.2 Å². The van der Waals surface area contributed by atoms with Crippen LogP contribution in [0.5, 0.6) is 0 Å². The van der Waals surface area contributed by atoms with Gasteiger partial charge in [-0.05, 0) is 31.5 Å². The molecule has 0 radical (unpaired) electrons. The van der Waals surface area contributed by atoms with E-state index in [1.54, 1.807) is 31.2 Å². The molecule has 0 aliphatic heterocycles. The van der Waals surface area contributed by atoms with Crippen molar-refractivity contribution in [3.8, 4) is 0 Å². The van der Waals surface area contributed by atoms with Gasteiger partial charge in [0.05, 0.1) is 10.9 Å². The van der Waals surface area contributed by atoms with Gasteiger partial charge in [-0.3, -0.25) is 0 Å². The molecule has 0 spiro atoms. The van der Waals surface area contributed by atoms with Gasteiger partial charge in [0.15, 0.2) is 0 Å². The average molecular weight is 304 g/mol. The molecular weight excluding hydrogens is 284 g/mol. The number of aryl methyl sites for hydroxylation is 1. The Labute approximate surface area is 126 Å². The van der Waals surface area contributed by atoms with E-state index in [-0.39, 0.29) is 10.9 Å². The zero-order valence-corrected chi connectivity index (χ0v) is 13.0. The van der Waals surface area contributed by atoms with Crippen LogP contribution in [0.1, 0.15) is 24.1 Å². The SMILES string of the molecule is Cc1ccc(S(=O)(=O)N[C@H](c2ccccc2)[C@@H](C)N)cc1. The van der Waals surface area contributed by atoms with Crippen molar-refractivity contribution in [1.29, 1.82) is 0 Å². The molecule has 0 aliphatic rings. The van der Waals surface area contributed by atoms with Crippen LogP contribution in [0, 0.1) is 6.92 Å². The molecule has 3 N–H and O–H groups in total. The average Bonchev–Trinajstić information content (AvgIpc) is 2.46. The first-order valence-corrected chi connectivity index (χ1v) is 8.28. The fourth-order valence-corrected chi connectivity index (χ4v) is 3.41. The zero-order chi connectivity index (χ0) is 15.5. The summed E-state index contributed by atoms with van der Waals surface area (Å²) in [5, 5.41) is 0. The summed E-state index contributed by atoms with van der Waals surface area (Å²) in [7, 11) is -3.60. The largest absolute Gasteiger partial charge is 0.326 e. The zero-order valence-electron chi connectivity index (χ0n) is 12.2. The van der Waals surface area contributed by atoms with Gasteiger partial charge >= 0.3 is 0 Å². The maximum Gasteiger partial charge on any atom is 0.241 e. The maximum absolute atomic E-state index is 12.5. The predicted molar refractivity (Wildman–Crippen MR) is 84.3 cm³/mol. The van der Waals surface area contributed by atoms with Gasteiger partial charge in [-0.1, -0.05) is 48.0 Å². The van der Waals surface area contributed by atoms with E-state index >= 15 is 0 Å². The Bertz CT molecular complexity index is 680. The molecule has 0 fully saturated rings. The van der Waals surface area contributed by atoms with Gasteiger partial charge in [-0.25, -0.2) is 13.1 Å². The van der Waals surface area contributed by atoms with Crippen LogP contribution >= 0.6 is 0 Å². The highest BCUT2D eigenvalue weighted by molar-refractivity contribution is 7.89. The van der Waals surface area contributed by atoms with Crippen LogP contribution in [0.25, 0.3) is 0 Å². The molecule has 0 amide bonds. The van der Waals surface area contributed by atoms with Gasteiger partial charge in [0, 0.05) is 6.04 Å². The third kappa shape index (κ3) is 3.91. The number of hydrogen-bond donors (Lipinski definition) is 2. The van der Waals surface area contributed by atoms with E-state index in [9.17, 15) is 8.42 Å². The Hall–Kier alpha value is -1.69. The van der Waals surface area contributed by atoms with Crippen molar-refractivity contribution in [3.05, 3.63) is 65.7 Å². The Balaban J connectivity index is 2.30. The molecule has 5 heteroatoms. The fraction of sp³-hybridized carbons (Fsp3) is 0.250. The summed E-state index contributed by atoms with van der Waals surface area (Å²) >= 11 is 0. The molecule has 0 saturated carbocycles. The molecule has 0 saturated heterocycles. The second-order valence-corrected chi connectivity index (χ2v) is 6.90. The van der Waals surface area contributed by atoms with Crippen LogP contribution in [0.15, 0.2) is 59.5 Å². The van der Waals surface area contributed by atoms with Crippen LogP contribution in [0.2, 0.25) is 0 Å². The minimum atomic E-state index is -3.60. The van der Waals surface area contributed by atoms with Crippen molar-refractivity contribution >= 4 is 10.0 Å². The summed E-state index contributed by atoms with van der Waals surface area (Å²) in [6.45, 7) is 3.70. The summed E-state index contributed by atoms with van der Waals surface area (Å²) in [4.78, 5) is 0.245. The lowest BCUT2D eigenvalue weighted by molar-refractivity contribution is 0.513.